The van der Waals surface area contributed by atoms with Crippen molar-refractivity contribution >= 4 is 33.4 Å². The molecule has 0 spiro atoms. The van der Waals surface area contributed by atoms with Crippen LogP contribution in [-0.4, -0.2) is 11.8 Å². The van der Waals surface area contributed by atoms with Gasteiger partial charge in [0.15, 0.2) is 0 Å². The third-order valence-electron chi connectivity index (χ3n) is 3.14. The largest absolute Gasteiger partial charge is 0.268 e. The number of alkyl halides is 1. The zero-order chi connectivity index (χ0) is 13.4. The first-order valence-corrected chi connectivity index (χ1v) is 6.97. The molecule has 0 saturated carbocycles. The summed E-state index contributed by atoms with van der Waals surface area (Å²) in [6, 6.07) is 14.3. The van der Waals surface area contributed by atoms with E-state index in [9.17, 15) is 9.59 Å². The van der Waals surface area contributed by atoms with Gasteiger partial charge in [-0.1, -0.05) is 40.2 Å². The predicted molar refractivity (Wildman–Crippen MR) is 76.7 cm³/mol. The molecule has 4 heteroatoms. The lowest BCUT2D eigenvalue weighted by molar-refractivity contribution is 0.0926. The average molecular weight is 316 g/mol. The first-order valence-electron chi connectivity index (χ1n) is 5.85. The summed E-state index contributed by atoms with van der Waals surface area (Å²) in [6.45, 7) is 0. The van der Waals surface area contributed by atoms with Gasteiger partial charge in [-0.3, -0.25) is 9.59 Å². The van der Waals surface area contributed by atoms with E-state index < -0.39 is 0 Å². The Morgan fingerprint density at radius 1 is 0.842 bits per heavy atom. The fraction of sp³-hybridized carbons (Fsp3) is 0.0667. The van der Waals surface area contributed by atoms with Crippen LogP contribution in [0.2, 0.25) is 0 Å². The van der Waals surface area contributed by atoms with Crippen LogP contribution in [0, 0.1) is 0 Å². The molecule has 0 fully saturated rings. The zero-order valence-corrected chi connectivity index (χ0v) is 11.6. The SMILES string of the molecule is O=C1c2ccccc2C(=O)N1c1ccc(CBr)cc1. The Labute approximate surface area is 119 Å². The Balaban J connectivity index is 2.03. The molecule has 3 nitrogen and oxygen atoms in total. The summed E-state index contributed by atoms with van der Waals surface area (Å²) in [5.74, 6) is -0.514. The average Bonchev–Trinajstić information content (AvgIpc) is 2.72. The van der Waals surface area contributed by atoms with Gasteiger partial charge in [-0.15, -0.1) is 0 Å². The lowest BCUT2D eigenvalue weighted by Gasteiger charge is -2.14. The van der Waals surface area contributed by atoms with Crippen molar-refractivity contribution in [3.63, 3.8) is 0 Å². The molecule has 0 N–H and O–H groups in total. The molecule has 1 heterocycles. The molecular weight excluding hydrogens is 306 g/mol. The van der Waals surface area contributed by atoms with E-state index in [0.717, 1.165) is 10.9 Å². The summed E-state index contributed by atoms with van der Waals surface area (Å²) in [6.07, 6.45) is 0. The van der Waals surface area contributed by atoms with Gasteiger partial charge in [0, 0.05) is 5.33 Å². The molecule has 19 heavy (non-hydrogen) atoms. The predicted octanol–water partition coefficient (Wildman–Crippen LogP) is 3.38. The second kappa shape index (κ2) is 4.63. The minimum absolute atomic E-state index is 0.257. The Hall–Kier alpha value is -1.94. The van der Waals surface area contributed by atoms with Gasteiger partial charge in [0.25, 0.3) is 11.8 Å². The summed E-state index contributed by atoms with van der Waals surface area (Å²) >= 11 is 3.37. The maximum atomic E-state index is 12.3. The van der Waals surface area contributed by atoms with Crippen LogP contribution in [0.15, 0.2) is 48.5 Å². The minimum Gasteiger partial charge on any atom is -0.268 e. The molecule has 0 radical (unpaired) electrons. The van der Waals surface area contributed by atoms with Crippen LogP contribution >= 0.6 is 15.9 Å². The molecule has 0 aromatic heterocycles. The lowest BCUT2D eigenvalue weighted by Crippen LogP contribution is -2.29. The highest BCUT2D eigenvalue weighted by molar-refractivity contribution is 9.08. The molecular formula is C15H10BrNO2. The number of amides is 2. The van der Waals surface area contributed by atoms with Gasteiger partial charge < -0.3 is 0 Å². The van der Waals surface area contributed by atoms with Crippen LogP contribution in [0.3, 0.4) is 0 Å². The Morgan fingerprint density at radius 3 is 1.84 bits per heavy atom. The summed E-state index contributed by atoms with van der Waals surface area (Å²) in [7, 11) is 0. The molecule has 2 aromatic carbocycles. The van der Waals surface area contributed by atoms with E-state index in [1.54, 1.807) is 36.4 Å². The van der Waals surface area contributed by atoms with Gasteiger partial charge in [-0.05, 0) is 29.8 Å². The number of hydrogen-bond donors (Lipinski definition) is 0. The fourth-order valence-electron chi connectivity index (χ4n) is 2.16. The van der Waals surface area contributed by atoms with Crippen molar-refractivity contribution in [2.45, 2.75) is 5.33 Å². The van der Waals surface area contributed by atoms with Crippen molar-refractivity contribution in [3.05, 3.63) is 65.2 Å². The molecule has 0 saturated heterocycles. The van der Waals surface area contributed by atoms with Gasteiger partial charge in [-0.2, -0.15) is 0 Å². The lowest BCUT2D eigenvalue weighted by atomic mass is 10.1. The topological polar surface area (TPSA) is 37.4 Å². The highest BCUT2D eigenvalue weighted by Crippen LogP contribution is 2.28. The number of anilines is 1. The first-order chi connectivity index (χ1) is 9.22. The van der Waals surface area contributed by atoms with Gasteiger partial charge >= 0.3 is 0 Å². The Morgan fingerprint density at radius 2 is 1.37 bits per heavy atom. The second-order valence-corrected chi connectivity index (χ2v) is 4.85. The number of benzene rings is 2. The van der Waals surface area contributed by atoms with E-state index >= 15 is 0 Å². The van der Waals surface area contributed by atoms with Crippen LogP contribution in [-0.2, 0) is 5.33 Å². The summed E-state index contributed by atoms with van der Waals surface area (Å²) in [4.78, 5) is 25.7. The fourth-order valence-corrected chi connectivity index (χ4v) is 2.53. The molecule has 0 aliphatic carbocycles. The van der Waals surface area contributed by atoms with Gasteiger partial charge in [0.05, 0.1) is 16.8 Å². The van der Waals surface area contributed by atoms with Crippen molar-refractivity contribution in [2.24, 2.45) is 0 Å². The van der Waals surface area contributed by atoms with E-state index in [-0.39, 0.29) is 11.8 Å². The van der Waals surface area contributed by atoms with Gasteiger partial charge in [-0.25, -0.2) is 4.90 Å². The number of nitrogens with zero attached hydrogens (tertiary/aromatic N) is 1. The summed E-state index contributed by atoms with van der Waals surface area (Å²) in [5, 5.41) is 0.745. The monoisotopic (exact) mass is 315 g/mol. The van der Waals surface area contributed by atoms with Crippen molar-refractivity contribution < 1.29 is 9.59 Å². The molecule has 2 aromatic rings. The standard InChI is InChI=1S/C15H10BrNO2/c16-9-10-5-7-11(8-6-10)17-14(18)12-3-1-2-4-13(12)15(17)19/h1-8H,9H2. The van der Waals surface area contributed by atoms with Crippen molar-refractivity contribution in [1.29, 1.82) is 0 Å². The maximum Gasteiger partial charge on any atom is 0.266 e. The molecule has 1 aliphatic rings. The van der Waals surface area contributed by atoms with Crippen LogP contribution in [0.1, 0.15) is 26.3 Å². The minimum atomic E-state index is -0.257. The molecule has 1 aliphatic heterocycles. The van der Waals surface area contributed by atoms with Crippen LogP contribution in [0.5, 0.6) is 0 Å². The molecule has 0 bridgehead atoms. The molecule has 3 rings (SSSR count). The number of halogens is 1. The van der Waals surface area contributed by atoms with Crippen molar-refractivity contribution in [3.8, 4) is 0 Å². The van der Waals surface area contributed by atoms with Crippen molar-refractivity contribution in [2.75, 3.05) is 4.90 Å². The van der Waals surface area contributed by atoms with E-state index in [1.165, 1.54) is 4.90 Å². The number of carbonyl (C=O) groups excluding carboxylic acids is 2. The Bertz CT molecular complexity index is 629. The van der Waals surface area contributed by atoms with Gasteiger partial charge in [0.2, 0.25) is 0 Å². The Kier molecular flexibility index (Phi) is 2.95. The number of carbonyl (C=O) groups is 2. The quantitative estimate of drug-likeness (QED) is 0.629. The van der Waals surface area contributed by atoms with E-state index in [4.69, 9.17) is 0 Å². The summed E-state index contributed by atoms with van der Waals surface area (Å²) in [5.41, 5.74) is 2.64. The smallest absolute Gasteiger partial charge is 0.266 e. The molecule has 2 amide bonds. The van der Waals surface area contributed by atoms with Gasteiger partial charge in [0.1, 0.15) is 0 Å². The molecule has 0 unspecified atom stereocenters. The second-order valence-electron chi connectivity index (χ2n) is 4.29. The van der Waals surface area contributed by atoms with E-state index in [2.05, 4.69) is 15.9 Å². The van der Waals surface area contributed by atoms with Crippen LogP contribution < -0.4 is 4.90 Å². The highest BCUT2D eigenvalue weighted by Gasteiger charge is 2.36. The normalized spacial score (nSPS) is 13.8. The van der Waals surface area contributed by atoms with E-state index in [0.29, 0.717) is 16.8 Å². The summed E-state index contributed by atoms with van der Waals surface area (Å²) < 4.78 is 0. The first kappa shape index (κ1) is 12.1. The maximum absolute atomic E-state index is 12.3. The zero-order valence-electron chi connectivity index (χ0n) is 9.97. The van der Waals surface area contributed by atoms with Crippen LogP contribution in [0.4, 0.5) is 5.69 Å². The third-order valence-corrected chi connectivity index (χ3v) is 3.79. The molecule has 94 valence electrons. The molecule has 0 atom stereocenters. The third kappa shape index (κ3) is 1.88. The number of fused-ring (bicyclic) bond motifs is 1. The van der Waals surface area contributed by atoms with Crippen molar-refractivity contribution in [1.82, 2.24) is 0 Å². The highest BCUT2D eigenvalue weighted by atomic mass is 79.9. The van der Waals surface area contributed by atoms with E-state index in [1.807, 2.05) is 12.1 Å². The number of rotatable bonds is 2. The number of hydrogen-bond acceptors (Lipinski definition) is 2. The van der Waals surface area contributed by atoms with Crippen LogP contribution in [0.25, 0.3) is 0 Å². The number of imide groups is 1.